The second-order valence-electron chi connectivity index (χ2n) is 6.65. The molecule has 2 N–H and O–H groups in total. The number of sulfonamides is 1. The molecule has 1 atom stereocenters. The number of aliphatic carboxylic acids is 1. The van der Waals surface area contributed by atoms with Crippen LogP contribution in [0.3, 0.4) is 0 Å². The molecule has 0 saturated heterocycles. The monoisotopic (exact) mass is 363 g/mol. The van der Waals surface area contributed by atoms with Gasteiger partial charge < -0.3 is 9.84 Å². The Hall–Kier alpha value is -2.38. The SMILES string of the molecule is CC(C)(C)[C@@H](NS(=O)(=O)c1ccc(Oc2ccccc2)cc1)C(=O)O. The second-order valence-corrected chi connectivity index (χ2v) is 8.36. The number of ether oxygens (including phenoxy) is 1. The molecule has 134 valence electrons. The van der Waals surface area contributed by atoms with Gasteiger partial charge in [-0.05, 0) is 41.8 Å². The average molecular weight is 363 g/mol. The van der Waals surface area contributed by atoms with Crippen molar-refractivity contribution in [3.05, 3.63) is 54.6 Å². The Kier molecular flexibility index (Phi) is 5.49. The van der Waals surface area contributed by atoms with Gasteiger partial charge in [-0.25, -0.2) is 8.42 Å². The third-order valence-electron chi connectivity index (χ3n) is 3.50. The Labute approximate surface area is 147 Å². The van der Waals surface area contributed by atoms with E-state index < -0.39 is 27.4 Å². The summed E-state index contributed by atoms with van der Waals surface area (Å²) >= 11 is 0. The molecule has 0 aliphatic rings. The zero-order valence-corrected chi connectivity index (χ0v) is 15.1. The molecule has 0 spiro atoms. The molecule has 0 aromatic heterocycles. The fourth-order valence-electron chi connectivity index (χ4n) is 2.13. The predicted octanol–water partition coefficient (Wildman–Crippen LogP) is 3.26. The van der Waals surface area contributed by atoms with Crippen LogP contribution in [0.5, 0.6) is 11.5 Å². The molecule has 0 fully saturated rings. The number of nitrogens with one attached hydrogen (secondary N) is 1. The number of hydrogen-bond acceptors (Lipinski definition) is 4. The summed E-state index contributed by atoms with van der Waals surface area (Å²) in [5, 5.41) is 9.28. The van der Waals surface area contributed by atoms with Crippen LogP contribution in [0.15, 0.2) is 59.5 Å². The van der Waals surface area contributed by atoms with E-state index in [0.29, 0.717) is 11.5 Å². The lowest BCUT2D eigenvalue weighted by Gasteiger charge is -2.27. The highest BCUT2D eigenvalue weighted by Gasteiger charge is 2.35. The Morgan fingerprint density at radius 2 is 1.52 bits per heavy atom. The van der Waals surface area contributed by atoms with Crippen molar-refractivity contribution in [2.24, 2.45) is 5.41 Å². The molecule has 0 bridgehead atoms. The molecular weight excluding hydrogens is 342 g/mol. The summed E-state index contributed by atoms with van der Waals surface area (Å²) in [6.45, 7) is 4.97. The van der Waals surface area contributed by atoms with E-state index in [1.165, 1.54) is 24.3 Å². The van der Waals surface area contributed by atoms with Crippen molar-refractivity contribution in [2.45, 2.75) is 31.7 Å². The molecule has 2 aromatic rings. The van der Waals surface area contributed by atoms with Crippen LogP contribution in [0.25, 0.3) is 0 Å². The van der Waals surface area contributed by atoms with Gasteiger partial charge in [0.15, 0.2) is 0 Å². The van der Waals surface area contributed by atoms with E-state index in [-0.39, 0.29) is 4.90 Å². The maximum absolute atomic E-state index is 12.4. The van der Waals surface area contributed by atoms with Crippen LogP contribution >= 0.6 is 0 Å². The molecule has 0 aliphatic heterocycles. The van der Waals surface area contributed by atoms with E-state index in [9.17, 15) is 18.3 Å². The third-order valence-corrected chi connectivity index (χ3v) is 4.94. The molecule has 6 nitrogen and oxygen atoms in total. The number of carboxylic acids is 1. The Balaban J connectivity index is 2.18. The molecule has 2 rings (SSSR count). The lowest BCUT2D eigenvalue weighted by molar-refractivity contribution is -0.141. The summed E-state index contributed by atoms with van der Waals surface area (Å²) in [6.07, 6.45) is 0. The molecule has 0 radical (unpaired) electrons. The minimum absolute atomic E-state index is 0.0246. The van der Waals surface area contributed by atoms with Crippen LogP contribution in [-0.4, -0.2) is 25.5 Å². The van der Waals surface area contributed by atoms with Crippen LogP contribution in [-0.2, 0) is 14.8 Å². The molecule has 0 aliphatic carbocycles. The van der Waals surface area contributed by atoms with Gasteiger partial charge in [-0.3, -0.25) is 4.79 Å². The van der Waals surface area contributed by atoms with Crippen LogP contribution in [0.4, 0.5) is 0 Å². The number of rotatable bonds is 6. The van der Waals surface area contributed by atoms with Crippen molar-refractivity contribution in [2.75, 3.05) is 0 Å². The van der Waals surface area contributed by atoms with Gasteiger partial charge in [0.05, 0.1) is 4.90 Å². The lowest BCUT2D eigenvalue weighted by Crippen LogP contribution is -2.48. The van der Waals surface area contributed by atoms with Gasteiger partial charge in [-0.2, -0.15) is 4.72 Å². The predicted molar refractivity (Wildman–Crippen MR) is 94.2 cm³/mol. The molecule has 0 saturated carbocycles. The van der Waals surface area contributed by atoms with Crippen molar-refractivity contribution in [1.29, 1.82) is 0 Å². The first-order valence-electron chi connectivity index (χ1n) is 7.68. The highest BCUT2D eigenvalue weighted by molar-refractivity contribution is 7.89. The Morgan fingerprint density at radius 1 is 1.00 bits per heavy atom. The van der Waals surface area contributed by atoms with E-state index in [4.69, 9.17) is 4.74 Å². The van der Waals surface area contributed by atoms with Gasteiger partial charge in [0.2, 0.25) is 10.0 Å². The quantitative estimate of drug-likeness (QED) is 0.822. The summed E-state index contributed by atoms with van der Waals surface area (Å²) in [5.74, 6) is -0.106. The average Bonchev–Trinajstić information content (AvgIpc) is 2.53. The highest BCUT2D eigenvalue weighted by Crippen LogP contribution is 2.24. The first-order valence-corrected chi connectivity index (χ1v) is 9.16. The van der Waals surface area contributed by atoms with Crippen molar-refractivity contribution in [3.63, 3.8) is 0 Å². The molecule has 0 heterocycles. The van der Waals surface area contributed by atoms with Crippen LogP contribution in [0, 0.1) is 5.41 Å². The van der Waals surface area contributed by atoms with Gasteiger partial charge >= 0.3 is 5.97 Å². The number of benzene rings is 2. The summed E-state index contributed by atoms with van der Waals surface area (Å²) in [5.41, 5.74) is -0.769. The van der Waals surface area contributed by atoms with Gasteiger partial charge in [0.1, 0.15) is 17.5 Å². The van der Waals surface area contributed by atoms with E-state index in [2.05, 4.69) is 4.72 Å². The Bertz CT molecular complexity index is 824. The first kappa shape index (κ1) is 19.0. The normalized spacial score (nSPS) is 13.2. The second kappa shape index (κ2) is 7.25. The largest absolute Gasteiger partial charge is 0.480 e. The zero-order chi connectivity index (χ0) is 18.7. The molecule has 0 amide bonds. The number of carbonyl (C=O) groups is 1. The molecule has 7 heteroatoms. The number of hydrogen-bond donors (Lipinski definition) is 2. The molecule has 0 unspecified atom stereocenters. The van der Waals surface area contributed by atoms with Gasteiger partial charge in [-0.1, -0.05) is 39.0 Å². The smallest absolute Gasteiger partial charge is 0.322 e. The minimum atomic E-state index is -3.96. The minimum Gasteiger partial charge on any atom is -0.480 e. The van der Waals surface area contributed by atoms with E-state index >= 15 is 0 Å². The molecule has 25 heavy (non-hydrogen) atoms. The van der Waals surface area contributed by atoms with Crippen molar-refractivity contribution in [3.8, 4) is 11.5 Å². The van der Waals surface area contributed by atoms with Crippen LogP contribution in [0.1, 0.15) is 20.8 Å². The summed E-state index contributed by atoms with van der Waals surface area (Å²) in [4.78, 5) is 11.3. The van der Waals surface area contributed by atoms with E-state index in [0.717, 1.165) is 0 Å². The molecular formula is C18H21NO5S. The van der Waals surface area contributed by atoms with E-state index in [1.54, 1.807) is 32.9 Å². The van der Waals surface area contributed by atoms with Gasteiger partial charge in [0, 0.05) is 0 Å². The van der Waals surface area contributed by atoms with Crippen molar-refractivity contribution in [1.82, 2.24) is 4.72 Å². The fraction of sp³-hybridized carbons (Fsp3) is 0.278. The molecule has 2 aromatic carbocycles. The summed E-state index contributed by atoms with van der Waals surface area (Å²) in [6, 6.07) is 13.7. The lowest BCUT2D eigenvalue weighted by atomic mass is 9.88. The van der Waals surface area contributed by atoms with Gasteiger partial charge in [-0.15, -0.1) is 0 Å². The highest BCUT2D eigenvalue weighted by atomic mass is 32.2. The van der Waals surface area contributed by atoms with Crippen LogP contribution < -0.4 is 9.46 Å². The fourth-order valence-corrected chi connectivity index (χ4v) is 3.53. The van der Waals surface area contributed by atoms with Crippen LogP contribution in [0.2, 0.25) is 0 Å². The zero-order valence-electron chi connectivity index (χ0n) is 14.3. The van der Waals surface area contributed by atoms with Crippen molar-refractivity contribution >= 4 is 16.0 Å². The van der Waals surface area contributed by atoms with E-state index in [1.807, 2.05) is 18.2 Å². The maximum Gasteiger partial charge on any atom is 0.322 e. The topological polar surface area (TPSA) is 92.7 Å². The maximum atomic E-state index is 12.4. The Morgan fingerprint density at radius 3 is 2.00 bits per heavy atom. The standard InChI is InChI=1S/C18H21NO5S/c1-18(2,3)16(17(20)21)19-25(22,23)15-11-9-14(10-12-15)24-13-7-5-4-6-8-13/h4-12,16,19H,1-3H3,(H,20,21)/t16-/m0/s1. The van der Waals surface area contributed by atoms with Crippen molar-refractivity contribution < 1.29 is 23.1 Å². The summed E-state index contributed by atoms with van der Waals surface area (Å²) in [7, 11) is -3.96. The first-order chi connectivity index (χ1) is 11.6. The number of para-hydroxylation sites is 1. The number of carboxylic acid groups (broad SMARTS) is 1. The van der Waals surface area contributed by atoms with Gasteiger partial charge in [0.25, 0.3) is 0 Å². The summed E-state index contributed by atoms with van der Waals surface area (Å²) < 4.78 is 32.8. The third kappa shape index (κ3) is 5.04.